The first-order valence-corrected chi connectivity index (χ1v) is 5.34. The Balaban J connectivity index is 2.11. The Morgan fingerprint density at radius 3 is 2.72 bits per heavy atom. The second-order valence-electron chi connectivity index (χ2n) is 3.69. The normalized spacial score (nSPS) is 10.1. The lowest BCUT2D eigenvalue weighted by molar-refractivity contribution is 0.0987. The summed E-state index contributed by atoms with van der Waals surface area (Å²) >= 11 is 0. The van der Waals surface area contributed by atoms with Crippen molar-refractivity contribution in [3.63, 3.8) is 0 Å². The zero-order chi connectivity index (χ0) is 13.0. The molecule has 0 aliphatic heterocycles. The number of carbonyl (C=O) groups is 1. The van der Waals surface area contributed by atoms with Crippen LogP contribution in [0.3, 0.4) is 0 Å². The molecule has 0 radical (unpaired) electrons. The molecule has 0 spiro atoms. The topological polar surface area (TPSA) is 52.1 Å². The largest absolute Gasteiger partial charge is 0.480 e. The maximum Gasteiger partial charge on any atom is 0.233 e. The van der Waals surface area contributed by atoms with E-state index < -0.39 is 0 Å². The summed E-state index contributed by atoms with van der Waals surface area (Å²) in [4.78, 5) is 11.9. The van der Waals surface area contributed by atoms with Crippen LogP contribution >= 0.6 is 0 Å². The summed E-state index contributed by atoms with van der Waals surface area (Å²) in [7, 11) is 1.47. The zero-order valence-electron chi connectivity index (χ0n) is 9.76. The molecule has 2 aromatic rings. The third-order valence-electron chi connectivity index (χ3n) is 2.39. The third-order valence-corrected chi connectivity index (χ3v) is 2.39. The van der Waals surface area contributed by atoms with Crippen molar-refractivity contribution in [2.75, 3.05) is 7.11 Å². The molecule has 0 saturated heterocycles. The second-order valence-corrected chi connectivity index (χ2v) is 3.69. The smallest absolute Gasteiger partial charge is 0.233 e. The Labute approximate surface area is 103 Å². The minimum absolute atomic E-state index is 0.0960. The molecule has 1 aromatic carbocycles. The summed E-state index contributed by atoms with van der Waals surface area (Å²) in [5.74, 6) is -0.228. The molecule has 0 aliphatic rings. The van der Waals surface area contributed by atoms with Crippen LogP contribution in [-0.2, 0) is 6.42 Å². The van der Waals surface area contributed by atoms with Gasteiger partial charge in [-0.1, -0.05) is 12.1 Å². The lowest BCUT2D eigenvalue weighted by atomic mass is 10.1. The fourth-order valence-electron chi connectivity index (χ4n) is 1.50. The number of Topliss-reactive ketones (excluding diaryl/α,β-unsaturated/α-hetero) is 1. The van der Waals surface area contributed by atoms with Crippen molar-refractivity contribution < 1.29 is 13.9 Å². The van der Waals surface area contributed by atoms with E-state index >= 15 is 0 Å². The van der Waals surface area contributed by atoms with Gasteiger partial charge in [0.05, 0.1) is 7.11 Å². The van der Waals surface area contributed by atoms with E-state index in [9.17, 15) is 9.18 Å². The number of halogens is 1. The average Bonchev–Trinajstić information content (AvgIpc) is 2.39. The van der Waals surface area contributed by atoms with Gasteiger partial charge in [-0.3, -0.25) is 4.79 Å². The van der Waals surface area contributed by atoms with E-state index in [0.29, 0.717) is 11.4 Å². The average molecular weight is 246 g/mol. The molecule has 0 unspecified atom stereocenters. The Hall–Kier alpha value is -2.30. The molecule has 0 fully saturated rings. The molecule has 1 heterocycles. The van der Waals surface area contributed by atoms with Crippen molar-refractivity contribution >= 4 is 5.78 Å². The zero-order valence-corrected chi connectivity index (χ0v) is 9.76. The molecular formula is C13H11FN2O2. The maximum atomic E-state index is 13.0. The van der Waals surface area contributed by atoms with E-state index in [2.05, 4.69) is 10.2 Å². The van der Waals surface area contributed by atoms with Crippen LogP contribution in [0.25, 0.3) is 0 Å². The van der Waals surface area contributed by atoms with Crippen LogP contribution in [0.4, 0.5) is 4.39 Å². The second kappa shape index (κ2) is 5.35. The van der Waals surface area contributed by atoms with Gasteiger partial charge in [-0.15, -0.1) is 10.2 Å². The Morgan fingerprint density at radius 2 is 2.11 bits per heavy atom. The van der Waals surface area contributed by atoms with Gasteiger partial charge in [0.1, 0.15) is 11.5 Å². The number of ether oxygens (including phenoxy) is 1. The predicted molar refractivity (Wildman–Crippen MR) is 63.0 cm³/mol. The molecule has 0 N–H and O–H groups in total. The Kier molecular flexibility index (Phi) is 3.62. The molecular weight excluding hydrogens is 235 g/mol. The lowest BCUT2D eigenvalue weighted by Crippen LogP contribution is -2.07. The molecule has 18 heavy (non-hydrogen) atoms. The first kappa shape index (κ1) is 12.2. The van der Waals surface area contributed by atoms with Crippen molar-refractivity contribution in [2.45, 2.75) is 6.42 Å². The minimum Gasteiger partial charge on any atom is -0.480 e. The highest BCUT2D eigenvalue weighted by Crippen LogP contribution is 2.09. The highest BCUT2D eigenvalue weighted by atomic mass is 19.1. The van der Waals surface area contributed by atoms with E-state index in [-0.39, 0.29) is 23.7 Å². The molecule has 4 nitrogen and oxygen atoms in total. The van der Waals surface area contributed by atoms with Crippen molar-refractivity contribution in [2.24, 2.45) is 0 Å². The fourth-order valence-corrected chi connectivity index (χ4v) is 1.50. The van der Waals surface area contributed by atoms with Gasteiger partial charge in [0.25, 0.3) is 0 Å². The van der Waals surface area contributed by atoms with Crippen LogP contribution in [0.5, 0.6) is 5.88 Å². The fraction of sp³-hybridized carbons (Fsp3) is 0.154. The van der Waals surface area contributed by atoms with Gasteiger partial charge in [-0.05, 0) is 23.8 Å². The van der Waals surface area contributed by atoms with E-state index in [1.807, 2.05) is 0 Å². The molecule has 0 atom stereocenters. The van der Waals surface area contributed by atoms with Gasteiger partial charge in [-0.2, -0.15) is 0 Å². The molecule has 0 aliphatic carbocycles. The Bertz CT molecular complexity index is 555. The summed E-state index contributed by atoms with van der Waals surface area (Å²) in [5, 5.41) is 7.46. The quantitative estimate of drug-likeness (QED) is 0.775. The van der Waals surface area contributed by atoms with Crippen molar-refractivity contribution in [1.82, 2.24) is 10.2 Å². The summed E-state index contributed by atoms with van der Waals surface area (Å²) in [6.45, 7) is 0. The monoisotopic (exact) mass is 246 g/mol. The van der Waals surface area contributed by atoms with E-state index in [0.717, 1.165) is 0 Å². The summed E-state index contributed by atoms with van der Waals surface area (Å²) in [5.41, 5.74) is 0.845. The van der Waals surface area contributed by atoms with Crippen LogP contribution in [-0.4, -0.2) is 23.1 Å². The molecule has 1 aromatic heterocycles. The van der Waals surface area contributed by atoms with Crippen LogP contribution in [0.2, 0.25) is 0 Å². The number of methoxy groups -OCH3 is 1. The van der Waals surface area contributed by atoms with Gasteiger partial charge in [0.2, 0.25) is 5.88 Å². The highest BCUT2D eigenvalue weighted by Gasteiger charge is 2.10. The van der Waals surface area contributed by atoms with E-state index in [1.54, 1.807) is 18.2 Å². The number of aromatic nitrogens is 2. The predicted octanol–water partition coefficient (Wildman–Crippen LogP) is 2.05. The molecule has 0 saturated carbocycles. The number of benzene rings is 1. The van der Waals surface area contributed by atoms with Gasteiger partial charge < -0.3 is 4.74 Å². The van der Waals surface area contributed by atoms with Crippen molar-refractivity contribution in [3.8, 4) is 5.88 Å². The van der Waals surface area contributed by atoms with Gasteiger partial charge in [0.15, 0.2) is 5.78 Å². The summed E-state index contributed by atoms with van der Waals surface area (Å²) in [6.07, 6.45) is 0.0960. The van der Waals surface area contributed by atoms with Crippen LogP contribution in [0, 0.1) is 5.82 Å². The molecule has 2 rings (SSSR count). The standard InChI is InChI=1S/C13H11FN2O2/c1-18-13-6-5-11(15-16-13)12(17)8-9-3-2-4-10(14)7-9/h2-7H,8H2,1H3. The SMILES string of the molecule is COc1ccc(C(=O)Cc2cccc(F)c2)nn1. The number of nitrogens with zero attached hydrogens (tertiary/aromatic N) is 2. The molecule has 92 valence electrons. The first-order valence-electron chi connectivity index (χ1n) is 5.34. The van der Waals surface area contributed by atoms with E-state index in [4.69, 9.17) is 4.74 Å². The van der Waals surface area contributed by atoms with Crippen LogP contribution in [0.15, 0.2) is 36.4 Å². The van der Waals surface area contributed by atoms with Gasteiger partial charge in [0, 0.05) is 12.5 Å². The van der Waals surface area contributed by atoms with Crippen molar-refractivity contribution in [1.29, 1.82) is 0 Å². The lowest BCUT2D eigenvalue weighted by Gasteiger charge is -2.01. The Morgan fingerprint density at radius 1 is 1.28 bits per heavy atom. The minimum atomic E-state index is -0.360. The number of hydrogen-bond acceptors (Lipinski definition) is 4. The number of hydrogen-bond donors (Lipinski definition) is 0. The number of rotatable bonds is 4. The number of ketones is 1. The van der Waals surface area contributed by atoms with Gasteiger partial charge >= 0.3 is 0 Å². The molecule has 0 bridgehead atoms. The highest BCUT2D eigenvalue weighted by molar-refractivity contribution is 5.95. The van der Waals surface area contributed by atoms with Crippen LogP contribution in [0.1, 0.15) is 16.1 Å². The molecule has 0 amide bonds. The van der Waals surface area contributed by atoms with Gasteiger partial charge in [-0.25, -0.2) is 4.39 Å². The van der Waals surface area contributed by atoms with Crippen LogP contribution < -0.4 is 4.74 Å². The maximum absolute atomic E-state index is 13.0. The first-order chi connectivity index (χ1) is 8.69. The third kappa shape index (κ3) is 2.88. The van der Waals surface area contributed by atoms with Crippen molar-refractivity contribution in [3.05, 3.63) is 53.5 Å². The summed E-state index contributed by atoms with van der Waals surface area (Å²) in [6, 6.07) is 9.02. The number of carbonyl (C=O) groups excluding carboxylic acids is 1. The summed E-state index contributed by atoms with van der Waals surface area (Å²) < 4.78 is 17.8. The van der Waals surface area contributed by atoms with E-state index in [1.165, 1.54) is 25.3 Å². The molecule has 5 heteroatoms.